The van der Waals surface area contributed by atoms with E-state index in [1.54, 1.807) is 12.1 Å². The van der Waals surface area contributed by atoms with Crippen molar-refractivity contribution in [3.8, 4) is 6.07 Å². The zero-order valence-electron chi connectivity index (χ0n) is 18.3. The fourth-order valence-electron chi connectivity index (χ4n) is 4.28. The minimum Gasteiger partial charge on any atom is -0.481 e. The lowest BCUT2D eigenvalue weighted by atomic mass is 9.90. The molecular weight excluding hydrogens is 390 g/mol. The van der Waals surface area contributed by atoms with Gasteiger partial charge < -0.3 is 15.2 Å². The van der Waals surface area contributed by atoms with Crippen LogP contribution >= 0.6 is 0 Å². The van der Waals surface area contributed by atoms with Crippen LogP contribution in [-0.4, -0.2) is 42.3 Å². The summed E-state index contributed by atoms with van der Waals surface area (Å²) in [5.41, 5.74) is 4.74. The molecule has 6 nitrogen and oxygen atoms in total. The monoisotopic (exact) mass is 421 g/mol. The average Bonchev–Trinajstić information content (AvgIpc) is 2.80. The molecule has 2 atom stereocenters. The van der Waals surface area contributed by atoms with E-state index in [0.717, 1.165) is 56.1 Å². The van der Waals surface area contributed by atoms with Gasteiger partial charge in [-0.1, -0.05) is 26.0 Å². The number of ether oxygens (including phenoxy) is 1. The molecule has 1 aliphatic heterocycles. The highest BCUT2D eigenvalue weighted by molar-refractivity contribution is 5.69. The summed E-state index contributed by atoms with van der Waals surface area (Å²) in [6.07, 6.45) is 1.85. The lowest BCUT2D eigenvalue weighted by Gasteiger charge is -2.35. The molecule has 164 valence electrons. The van der Waals surface area contributed by atoms with Crippen LogP contribution in [0.1, 0.15) is 61.8 Å². The van der Waals surface area contributed by atoms with Crippen molar-refractivity contribution in [1.82, 2.24) is 4.90 Å². The Morgan fingerprint density at radius 3 is 2.45 bits per heavy atom. The first-order chi connectivity index (χ1) is 15.0. The fraction of sp³-hybridized carbons (Fsp3) is 0.440. The Morgan fingerprint density at radius 2 is 1.87 bits per heavy atom. The molecule has 6 heteroatoms. The first-order valence-electron chi connectivity index (χ1n) is 11.0. The van der Waals surface area contributed by atoms with E-state index in [2.05, 4.69) is 41.4 Å². The van der Waals surface area contributed by atoms with Crippen LogP contribution in [0, 0.1) is 11.3 Å². The number of carbonyl (C=O) groups is 1. The number of nitrogens with zero attached hydrogens (tertiary/aromatic N) is 2. The Labute approximate surface area is 184 Å². The summed E-state index contributed by atoms with van der Waals surface area (Å²) >= 11 is 0. The van der Waals surface area contributed by atoms with Crippen LogP contribution in [0.5, 0.6) is 0 Å². The minimum atomic E-state index is -0.780. The molecule has 0 saturated carbocycles. The number of aliphatic carboxylic acids is 1. The highest BCUT2D eigenvalue weighted by atomic mass is 16.5. The molecule has 1 saturated heterocycles. The standard InChI is InChI=1S/C25H31N3O3/c1-3-19(16-25(29)30)20-7-10-22(24(4-2)28-11-13-31-14-12-28)23(15-20)27-21-8-5-18(17-26)6-9-21/h5-10,15,19,24,27H,3-4,11-14,16H2,1-2H3,(H,29,30)/t19-,24+/m0/s1. The van der Waals surface area contributed by atoms with Gasteiger partial charge in [-0.05, 0) is 60.2 Å². The van der Waals surface area contributed by atoms with Gasteiger partial charge in [-0.2, -0.15) is 5.26 Å². The van der Waals surface area contributed by atoms with E-state index in [1.165, 1.54) is 5.56 Å². The summed E-state index contributed by atoms with van der Waals surface area (Å²) in [7, 11) is 0. The van der Waals surface area contributed by atoms with Crippen molar-refractivity contribution in [2.75, 3.05) is 31.6 Å². The van der Waals surface area contributed by atoms with E-state index < -0.39 is 5.97 Å². The summed E-state index contributed by atoms with van der Waals surface area (Å²) in [4.78, 5) is 13.8. The van der Waals surface area contributed by atoms with Crippen molar-refractivity contribution in [2.24, 2.45) is 0 Å². The number of nitriles is 1. The van der Waals surface area contributed by atoms with Gasteiger partial charge in [-0.15, -0.1) is 0 Å². The maximum atomic E-state index is 11.3. The van der Waals surface area contributed by atoms with Crippen molar-refractivity contribution >= 4 is 17.3 Å². The molecule has 0 aromatic heterocycles. The quantitative estimate of drug-likeness (QED) is 0.589. The van der Waals surface area contributed by atoms with Crippen molar-refractivity contribution in [3.63, 3.8) is 0 Å². The SMILES string of the molecule is CC[C@@H](CC(=O)O)c1ccc([C@@H](CC)N2CCOCC2)c(Nc2ccc(C#N)cc2)c1. The molecule has 3 rings (SSSR count). The summed E-state index contributed by atoms with van der Waals surface area (Å²) in [5.74, 6) is -0.811. The van der Waals surface area contributed by atoms with Crippen molar-refractivity contribution in [1.29, 1.82) is 5.26 Å². The van der Waals surface area contributed by atoms with E-state index in [-0.39, 0.29) is 18.4 Å². The van der Waals surface area contributed by atoms with Gasteiger partial charge in [-0.25, -0.2) is 0 Å². The molecule has 2 N–H and O–H groups in total. The molecule has 0 amide bonds. The molecule has 0 radical (unpaired) electrons. The first-order valence-corrected chi connectivity index (χ1v) is 11.0. The third-order valence-corrected chi connectivity index (χ3v) is 5.99. The lowest BCUT2D eigenvalue weighted by molar-refractivity contribution is -0.137. The molecule has 31 heavy (non-hydrogen) atoms. The number of morpholine rings is 1. The Morgan fingerprint density at radius 1 is 1.16 bits per heavy atom. The van der Waals surface area contributed by atoms with Gasteiger partial charge in [0.1, 0.15) is 0 Å². The molecule has 1 heterocycles. The lowest BCUT2D eigenvalue weighted by Crippen LogP contribution is -2.39. The second-order valence-electron chi connectivity index (χ2n) is 7.94. The molecule has 2 aromatic rings. The molecule has 0 unspecified atom stereocenters. The van der Waals surface area contributed by atoms with Crippen LogP contribution in [0.25, 0.3) is 0 Å². The predicted molar refractivity (Wildman–Crippen MR) is 122 cm³/mol. The van der Waals surface area contributed by atoms with Gasteiger partial charge in [-0.3, -0.25) is 9.69 Å². The summed E-state index contributed by atoms with van der Waals surface area (Å²) in [5, 5.41) is 21.9. The number of hydrogen-bond donors (Lipinski definition) is 2. The number of nitrogens with one attached hydrogen (secondary N) is 1. The molecule has 0 bridgehead atoms. The molecule has 0 spiro atoms. The van der Waals surface area contributed by atoms with E-state index in [1.807, 2.05) is 19.1 Å². The number of carboxylic acid groups (broad SMARTS) is 1. The Balaban J connectivity index is 1.99. The Kier molecular flexibility index (Phi) is 8.05. The average molecular weight is 422 g/mol. The topological polar surface area (TPSA) is 85.6 Å². The Hall–Kier alpha value is -2.88. The van der Waals surface area contributed by atoms with E-state index in [9.17, 15) is 9.90 Å². The number of rotatable bonds is 9. The van der Waals surface area contributed by atoms with Crippen LogP contribution in [0.4, 0.5) is 11.4 Å². The highest BCUT2D eigenvalue weighted by Gasteiger charge is 2.24. The minimum absolute atomic E-state index is 0.0310. The third-order valence-electron chi connectivity index (χ3n) is 5.99. The first kappa shape index (κ1) is 22.8. The predicted octanol–water partition coefficient (Wildman–Crippen LogP) is 5.05. The van der Waals surface area contributed by atoms with Crippen LogP contribution in [0.15, 0.2) is 42.5 Å². The molecule has 2 aromatic carbocycles. The van der Waals surface area contributed by atoms with Crippen molar-refractivity contribution < 1.29 is 14.6 Å². The van der Waals surface area contributed by atoms with Gasteiger partial charge >= 0.3 is 5.97 Å². The number of hydrogen-bond acceptors (Lipinski definition) is 5. The van der Waals surface area contributed by atoms with Gasteiger partial charge in [0, 0.05) is 30.5 Å². The normalized spacial score (nSPS) is 16.3. The molecule has 1 fully saturated rings. The van der Waals surface area contributed by atoms with Crippen LogP contribution in [-0.2, 0) is 9.53 Å². The smallest absolute Gasteiger partial charge is 0.303 e. The maximum Gasteiger partial charge on any atom is 0.303 e. The van der Waals surface area contributed by atoms with Crippen molar-refractivity contribution in [2.45, 2.75) is 45.1 Å². The van der Waals surface area contributed by atoms with Gasteiger partial charge in [0.25, 0.3) is 0 Å². The van der Waals surface area contributed by atoms with Gasteiger partial charge in [0.2, 0.25) is 0 Å². The van der Waals surface area contributed by atoms with Gasteiger partial charge in [0.15, 0.2) is 0 Å². The van der Waals surface area contributed by atoms with Crippen LogP contribution < -0.4 is 5.32 Å². The second-order valence-corrected chi connectivity index (χ2v) is 7.94. The number of anilines is 2. The largest absolute Gasteiger partial charge is 0.481 e. The summed E-state index contributed by atoms with van der Waals surface area (Å²) in [6, 6.07) is 16.1. The molecule has 1 aliphatic rings. The zero-order valence-corrected chi connectivity index (χ0v) is 18.3. The number of benzene rings is 2. The highest BCUT2D eigenvalue weighted by Crippen LogP contribution is 2.36. The molecular formula is C25H31N3O3. The van der Waals surface area contributed by atoms with Crippen LogP contribution in [0.3, 0.4) is 0 Å². The maximum absolute atomic E-state index is 11.3. The summed E-state index contributed by atoms with van der Waals surface area (Å²) in [6.45, 7) is 7.49. The van der Waals surface area contributed by atoms with Crippen LogP contribution in [0.2, 0.25) is 0 Å². The molecule has 0 aliphatic carbocycles. The van der Waals surface area contributed by atoms with E-state index in [0.29, 0.717) is 5.56 Å². The Bertz CT molecular complexity index is 915. The third kappa shape index (κ3) is 5.84. The second kappa shape index (κ2) is 10.9. The van der Waals surface area contributed by atoms with Gasteiger partial charge in [0.05, 0.1) is 31.3 Å². The summed E-state index contributed by atoms with van der Waals surface area (Å²) < 4.78 is 5.54. The van der Waals surface area contributed by atoms with E-state index in [4.69, 9.17) is 10.00 Å². The zero-order chi connectivity index (χ0) is 22.2. The number of carboxylic acids is 1. The van der Waals surface area contributed by atoms with E-state index >= 15 is 0 Å². The fourth-order valence-corrected chi connectivity index (χ4v) is 4.28. The van der Waals surface area contributed by atoms with Crippen molar-refractivity contribution in [3.05, 3.63) is 59.2 Å².